The van der Waals surface area contributed by atoms with Gasteiger partial charge in [-0.3, -0.25) is 4.79 Å². The first-order chi connectivity index (χ1) is 8.74. The van der Waals surface area contributed by atoms with Crippen LogP contribution >= 0.6 is 11.3 Å². The molecule has 0 amide bonds. The van der Waals surface area contributed by atoms with Gasteiger partial charge < -0.3 is 4.74 Å². The maximum atomic E-state index is 11.5. The number of thiazole rings is 1. The van der Waals surface area contributed by atoms with Gasteiger partial charge in [0.25, 0.3) is 0 Å². The molecule has 0 saturated carbocycles. The molecule has 2 rings (SSSR count). The number of hydrogen-bond acceptors (Lipinski definition) is 5. The normalized spacial score (nSPS) is 10.1. The first-order valence-corrected chi connectivity index (χ1v) is 6.31. The van der Waals surface area contributed by atoms with Gasteiger partial charge in [0.1, 0.15) is 11.3 Å². The van der Waals surface area contributed by atoms with Gasteiger partial charge in [0, 0.05) is 16.5 Å². The topological polar surface area (TPSA) is 56.3 Å². The fourth-order valence-electron chi connectivity index (χ4n) is 1.41. The maximum Gasteiger partial charge on any atom is 0.357 e. The van der Waals surface area contributed by atoms with E-state index in [2.05, 4.69) is 4.98 Å². The zero-order valence-electron chi connectivity index (χ0n) is 9.75. The molecule has 1 aromatic heterocycles. The number of ether oxygens (including phenoxy) is 1. The van der Waals surface area contributed by atoms with Crippen LogP contribution in [0.5, 0.6) is 0 Å². The lowest BCUT2D eigenvalue weighted by atomic mass is 10.1. The van der Waals surface area contributed by atoms with Crippen molar-refractivity contribution >= 4 is 23.6 Å². The third kappa shape index (κ3) is 2.62. The summed E-state index contributed by atoms with van der Waals surface area (Å²) in [7, 11) is 0. The van der Waals surface area contributed by atoms with Crippen LogP contribution in [0, 0.1) is 0 Å². The fourth-order valence-corrected chi connectivity index (χ4v) is 2.20. The molecule has 0 spiro atoms. The standard InChI is InChI=1S/C13H11NO3S/c1-2-17-13(16)11-8-18-12(14-11)10-5-3-9(7-15)4-6-10/h3-8H,2H2,1H3. The van der Waals surface area contributed by atoms with Gasteiger partial charge in [0.2, 0.25) is 0 Å². The number of rotatable bonds is 4. The second-order valence-electron chi connectivity index (χ2n) is 3.50. The zero-order valence-corrected chi connectivity index (χ0v) is 10.6. The Morgan fingerprint density at radius 3 is 2.72 bits per heavy atom. The average Bonchev–Trinajstić information content (AvgIpc) is 2.89. The number of nitrogens with zero attached hydrogens (tertiary/aromatic N) is 1. The third-order valence-electron chi connectivity index (χ3n) is 2.28. The largest absolute Gasteiger partial charge is 0.461 e. The molecule has 2 aromatic rings. The molecule has 0 atom stereocenters. The highest BCUT2D eigenvalue weighted by atomic mass is 32.1. The number of aromatic nitrogens is 1. The van der Waals surface area contributed by atoms with Crippen LogP contribution in [-0.4, -0.2) is 23.8 Å². The lowest BCUT2D eigenvalue weighted by Gasteiger charge is -1.97. The van der Waals surface area contributed by atoms with Crippen LogP contribution in [0.25, 0.3) is 10.6 Å². The van der Waals surface area contributed by atoms with Gasteiger partial charge in [-0.15, -0.1) is 11.3 Å². The molecule has 0 radical (unpaired) electrons. The summed E-state index contributed by atoms with van der Waals surface area (Å²) in [6, 6.07) is 7.04. The summed E-state index contributed by atoms with van der Waals surface area (Å²) in [5, 5.41) is 2.40. The number of carbonyl (C=O) groups is 2. The summed E-state index contributed by atoms with van der Waals surface area (Å²) in [5.41, 5.74) is 1.80. The average molecular weight is 261 g/mol. The van der Waals surface area contributed by atoms with E-state index in [1.54, 1.807) is 36.6 Å². The number of carbonyl (C=O) groups excluding carboxylic acids is 2. The minimum absolute atomic E-state index is 0.316. The number of aldehydes is 1. The highest BCUT2D eigenvalue weighted by Gasteiger charge is 2.12. The molecule has 18 heavy (non-hydrogen) atoms. The molecule has 0 fully saturated rings. The summed E-state index contributed by atoms with van der Waals surface area (Å²) in [6.45, 7) is 2.09. The van der Waals surface area contributed by atoms with E-state index < -0.39 is 5.97 Å². The monoisotopic (exact) mass is 261 g/mol. The van der Waals surface area contributed by atoms with E-state index in [-0.39, 0.29) is 0 Å². The number of benzene rings is 1. The van der Waals surface area contributed by atoms with Crippen molar-refractivity contribution in [1.82, 2.24) is 4.98 Å². The molecule has 0 N–H and O–H groups in total. The van der Waals surface area contributed by atoms with Crippen LogP contribution in [0.15, 0.2) is 29.6 Å². The quantitative estimate of drug-likeness (QED) is 0.627. The smallest absolute Gasteiger partial charge is 0.357 e. The molecule has 4 nitrogen and oxygen atoms in total. The second kappa shape index (κ2) is 5.55. The first-order valence-electron chi connectivity index (χ1n) is 5.43. The summed E-state index contributed by atoms with van der Waals surface area (Å²) in [6.07, 6.45) is 0.787. The predicted molar refractivity (Wildman–Crippen MR) is 68.9 cm³/mol. The highest BCUT2D eigenvalue weighted by molar-refractivity contribution is 7.13. The summed E-state index contributed by atoms with van der Waals surface area (Å²) < 4.78 is 4.87. The van der Waals surface area contributed by atoms with E-state index in [4.69, 9.17) is 4.74 Å². The van der Waals surface area contributed by atoms with Crippen LogP contribution in [0.4, 0.5) is 0 Å². The Morgan fingerprint density at radius 1 is 1.39 bits per heavy atom. The second-order valence-corrected chi connectivity index (χ2v) is 4.36. The minimum atomic E-state index is -0.412. The maximum absolute atomic E-state index is 11.5. The Balaban J connectivity index is 2.23. The molecule has 5 heteroatoms. The van der Waals surface area contributed by atoms with E-state index in [9.17, 15) is 9.59 Å². The zero-order chi connectivity index (χ0) is 13.0. The molecule has 92 valence electrons. The molecule has 0 aliphatic heterocycles. The SMILES string of the molecule is CCOC(=O)c1csc(-c2ccc(C=O)cc2)n1. The van der Waals surface area contributed by atoms with Gasteiger partial charge in [-0.05, 0) is 6.92 Å². The van der Waals surface area contributed by atoms with Crippen molar-refractivity contribution in [2.75, 3.05) is 6.61 Å². The summed E-state index contributed by atoms with van der Waals surface area (Å²) in [5.74, 6) is -0.412. The van der Waals surface area contributed by atoms with Gasteiger partial charge in [-0.25, -0.2) is 9.78 Å². The van der Waals surface area contributed by atoms with Crippen LogP contribution < -0.4 is 0 Å². The van der Waals surface area contributed by atoms with Crippen molar-refractivity contribution in [2.45, 2.75) is 6.92 Å². The molecule has 0 bridgehead atoms. The van der Waals surface area contributed by atoms with E-state index >= 15 is 0 Å². The van der Waals surface area contributed by atoms with Gasteiger partial charge in [0.05, 0.1) is 6.61 Å². The lowest BCUT2D eigenvalue weighted by Crippen LogP contribution is -2.04. The molecule has 1 aromatic carbocycles. The van der Waals surface area contributed by atoms with Crippen LogP contribution in [-0.2, 0) is 4.74 Å². The van der Waals surface area contributed by atoms with E-state index in [0.717, 1.165) is 16.9 Å². The Morgan fingerprint density at radius 2 is 2.11 bits per heavy atom. The molecular weight excluding hydrogens is 250 g/mol. The Hall–Kier alpha value is -2.01. The van der Waals surface area contributed by atoms with Gasteiger partial charge in [-0.1, -0.05) is 24.3 Å². The van der Waals surface area contributed by atoms with E-state index in [1.807, 2.05) is 0 Å². The molecule has 0 aliphatic carbocycles. The minimum Gasteiger partial charge on any atom is -0.461 e. The Labute approximate surface area is 108 Å². The highest BCUT2D eigenvalue weighted by Crippen LogP contribution is 2.24. The van der Waals surface area contributed by atoms with Crippen LogP contribution in [0.1, 0.15) is 27.8 Å². The van der Waals surface area contributed by atoms with Crippen LogP contribution in [0.3, 0.4) is 0 Å². The van der Waals surface area contributed by atoms with Gasteiger partial charge >= 0.3 is 5.97 Å². The fraction of sp³-hybridized carbons (Fsp3) is 0.154. The van der Waals surface area contributed by atoms with Gasteiger partial charge in [0.15, 0.2) is 5.69 Å². The predicted octanol–water partition coefficient (Wildman–Crippen LogP) is 2.80. The number of hydrogen-bond donors (Lipinski definition) is 0. The summed E-state index contributed by atoms with van der Waals surface area (Å²) >= 11 is 1.37. The van der Waals surface area contributed by atoms with Crippen molar-refractivity contribution in [2.24, 2.45) is 0 Å². The van der Waals surface area contributed by atoms with Crippen molar-refractivity contribution < 1.29 is 14.3 Å². The lowest BCUT2D eigenvalue weighted by molar-refractivity contribution is 0.0520. The molecule has 1 heterocycles. The first kappa shape index (κ1) is 12.4. The van der Waals surface area contributed by atoms with E-state index in [0.29, 0.717) is 17.9 Å². The third-order valence-corrected chi connectivity index (χ3v) is 3.17. The van der Waals surface area contributed by atoms with Crippen molar-refractivity contribution in [3.8, 4) is 10.6 Å². The van der Waals surface area contributed by atoms with Crippen molar-refractivity contribution in [3.63, 3.8) is 0 Å². The van der Waals surface area contributed by atoms with Crippen molar-refractivity contribution in [1.29, 1.82) is 0 Å². The van der Waals surface area contributed by atoms with Crippen LogP contribution in [0.2, 0.25) is 0 Å². The summed E-state index contributed by atoms with van der Waals surface area (Å²) in [4.78, 5) is 26.2. The number of esters is 1. The molecule has 0 saturated heterocycles. The molecular formula is C13H11NO3S. The van der Waals surface area contributed by atoms with Crippen molar-refractivity contribution in [3.05, 3.63) is 40.9 Å². The molecule has 0 aliphatic rings. The Bertz CT molecular complexity index is 560. The van der Waals surface area contributed by atoms with E-state index in [1.165, 1.54) is 11.3 Å². The molecule has 0 unspecified atom stereocenters. The Kier molecular flexibility index (Phi) is 3.84. The van der Waals surface area contributed by atoms with Gasteiger partial charge in [-0.2, -0.15) is 0 Å².